The van der Waals surface area contributed by atoms with E-state index in [2.05, 4.69) is 0 Å². The number of hydrogen-bond acceptors (Lipinski definition) is 3. The van der Waals surface area contributed by atoms with Crippen molar-refractivity contribution in [2.24, 2.45) is 0 Å². The molecule has 3 rings (SSSR count). The molecular formula is C18H21NO3S. The van der Waals surface area contributed by atoms with E-state index in [-0.39, 0.29) is 11.8 Å². The van der Waals surface area contributed by atoms with Gasteiger partial charge in [-0.05, 0) is 42.2 Å². The van der Waals surface area contributed by atoms with Gasteiger partial charge in [-0.1, -0.05) is 36.4 Å². The Morgan fingerprint density at radius 1 is 1.17 bits per heavy atom. The van der Waals surface area contributed by atoms with Gasteiger partial charge >= 0.3 is 0 Å². The highest BCUT2D eigenvalue weighted by Gasteiger charge is 2.32. The Kier molecular flexibility index (Phi) is 4.41. The van der Waals surface area contributed by atoms with Gasteiger partial charge in [0.05, 0.1) is 12.9 Å². The molecule has 4 nitrogen and oxygen atoms in total. The van der Waals surface area contributed by atoms with Crippen LogP contribution in [0.15, 0.2) is 48.5 Å². The minimum atomic E-state index is -3.34. The molecule has 0 aromatic heterocycles. The summed E-state index contributed by atoms with van der Waals surface area (Å²) in [5, 5.41) is 0. The third-order valence-electron chi connectivity index (χ3n) is 4.38. The molecule has 1 aliphatic rings. The van der Waals surface area contributed by atoms with Crippen LogP contribution in [0.3, 0.4) is 0 Å². The van der Waals surface area contributed by atoms with Gasteiger partial charge in [0.2, 0.25) is 10.0 Å². The summed E-state index contributed by atoms with van der Waals surface area (Å²) in [6.07, 6.45) is 0.713. The van der Waals surface area contributed by atoms with Crippen LogP contribution >= 0.6 is 0 Å². The summed E-state index contributed by atoms with van der Waals surface area (Å²) < 4.78 is 32.5. The highest BCUT2D eigenvalue weighted by atomic mass is 32.2. The molecule has 0 amide bonds. The van der Waals surface area contributed by atoms with Crippen molar-refractivity contribution in [3.63, 3.8) is 0 Å². The van der Waals surface area contributed by atoms with Crippen LogP contribution in [0.2, 0.25) is 0 Å². The van der Waals surface area contributed by atoms with Crippen molar-refractivity contribution in [2.75, 3.05) is 13.7 Å². The van der Waals surface area contributed by atoms with E-state index in [4.69, 9.17) is 4.74 Å². The largest absolute Gasteiger partial charge is 0.497 e. The van der Waals surface area contributed by atoms with Crippen LogP contribution in [0.4, 0.5) is 0 Å². The van der Waals surface area contributed by atoms with Crippen molar-refractivity contribution in [1.29, 1.82) is 0 Å². The third kappa shape index (κ3) is 3.26. The van der Waals surface area contributed by atoms with E-state index in [1.54, 1.807) is 11.4 Å². The summed E-state index contributed by atoms with van der Waals surface area (Å²) in [5.74, 6) is 0.862. The maximum Gasteiger partial charge on any atom is 0.218 e. The Labute approximate surface area is 137 Å². The van der Waals surface area contributed by atoms with E-state index >= 15 is 0 Å². The number of sulfonamides is 1. The van der Waals surface area contributed by atoms with Gasteiger partial charge in [-0.25, -0.2) is 8.42 Å². The lowest BCUT2D eigenvalue weighted by Crippen LogP contribution is -2.39. The summed E-state index contributed by atoms with van der Waals surface area (Å²) >= 11 is 0. The average molecular weight is 331 g/mol. The molecule has 2 aromatic carbocycles. The van der Waals surface area contributed by atoms with Crippen LogP contribution in [0.5, 0.6) is 5.75 Å². The SMILES string of the molecule is COc1ccc2c(c1)CCN(S(=O)(=O)Cc1ccccc1)C2C. The van der Waals surface area contributed by atoms with Gasteiger partial charge in [0, 0.05) is 12.6 Å². The molecule has 0 saturated carbocycles. The Hall–Kier alpha value is -1.85. The topological polar surface area (TPSA) is 46.6 Å². The number of hydrogen-bond donors (Lipinski definition) is 0. The minimum absolute atomic E-state index is 0.0453. The van der Waals surface area contributed by atoms with Crippen molar-refractivity contribution >= 4 is 10.0 Å². The molecular weight excluding hydrogens is 310 g/mol. The Balaban J connectivity index is 1.86. The Bertz CT molecular complexity index is 787. The van der Waals surface area contributed by atoms with Gasteiger partial charge in [-0.2, -0.15) is 4.31 Å². The first-order valence-electron chi connectivity index (χ1n) is 7.71. The van der Waals surface area contributed by atoms with E-state index < -0.39 is 10.0 Å². The fourth-order valence-corrected chi connectivity index (χ4v) is 4.90. The maximum atomic E-state index is 12.8. The Morgan fingerprint density at radius 2 is 1.91 bits per heavy atom. The predicted molar refractivity (Wildman–Crippen MR) is 90.9 cm³/mol. The number of methoxy groups -OCH3 is 1. The molecule has 1 atom stereocenters. The molecule has 0 radical (unpaired) electrons. The zero-order chi connectivity index (χ0) is 16.4. The molecule has 1 aliphatic heterocycles. The molecule has 0 N–H and O–H groups in total. The van der Waals surface area contributed by atoms with E-state index in [0.29, 0.717) is 13.0 Å². The number of rotatable bonds is 4. The predicted octanol–water partition coefficient (Wildman–Crippen LogP) is 3.14. The first-order chi connectivity index (χ1) is 11.0. The van der Waals surface area contributed by atoms with Gasteiger partial charge < -0.3 is 4.74 Å². The second-order valence-corrected chi connectivity index (χ2v) is 7.76. The van der Waals surface area contributed by atoms with E-state index in [9.17, 15) is 8.42 Å². The second-order valence-electron chi connectivity index (χ2n) is 5.84. The van der Waals surface area contributed by atoms with Gasteiger partial charge in [0.1, 0.15) is 5.75 Å². The van der Waals surface area contributed by atoms with Crippen molar-refractivity contribution in [1.82, 2.24) is 4.31 Å². The third-order valence-corrected chi connectivity index (χ3v) is 6.29. The first-order valence-corrected chi connectivity index (χ1v) is 9.32. The van der Waals surface area contributed by atoms with E-state index in [0.717, 1.165) is 16.9 Å². The fraction of sp³-hybridized carbons (Fsp3) is 0.333. The normalized spacial score (nSPS) is 18.4. The molecule has 122 valence electrons. The summed E-state index contributed by atoms with van der Waals surface area (Å²) in [5.41, 5.74) is 3.05. The molecule has 0 saturated heterocycles. The second kappa shape index (κ2) is 6.34. The molecule has 1 unspecified atom stereocenters. The van der Waals surface area contributed by atoms with Crippen molar-refractivity contribution in [3.8, 4) is 5.75 Å². The van der Waals surface area contributed by atoms with Crippen molar-refractivity contribution in [3.05, 3.63) is 65.2 Å². The van der Waals surface area contributed by atoms with E-state index in [1.807, 2.05) is 55.5 Å². The smallest absolute Gasteiger partial charge is 0.218 e. The zero-order valence-corrected chi connectivity index (χ0v) is 14.2. The Morgan fingerprint density at radius 3 is 2.61 bits per heavy atom. The van der Waals surface area contributed by atoms with Crippen LogP contribution < -0.4 is 4.74 Å². The van der Waals surface area contributed by atoms with Crippen molar-refractivity contribution < 1.29 is 13.2 Å². The molecule has 1 heterocycles. The monoisotopic (exact) mass is 331 g/mol. The summed E-state index contributed by atoms with van der Waals surface area (Å²) in [6, 6.07) is 15.1. The first kappa shape index (κ1) is 16.0. The van der Waals surface area contributed by atoms with E-state index in [1.165, 1.54) is 5.56 Å². The van der Waals surface area contributed by atoms with Crippen LogP contribution in [-0.2, 0) is 22.2 Å². The van der Waals surface area contributed by atoms with Gasteiger partial charge in [-0.3, -0.25) is 0 Å². The lowest BCUT2D eigenvalue weighted by molar-refractivity contribution is 0.325. The fourth-order valence-electron chi connectivity index (χ4n) is 3.16. The highest BCUT2D eigenvalue weighted by Crippen LogP contribution is 2.34. The number of benzene rings is 2. The highest BCUT2D eigenvalue weighted by molar-refractivity contribution is 7.88. The van der Waals surface area contributed by atoms with Crippen molar-refractivity contribution in [2.45, 2.75) is 25.1 Å². The molecule has 0 aliphatic carbocycles. The molecule has 23 heavy (non-hydrogen) atoms. The van der Waals surface area contributed by atoms with Crippen LogP contribution in [-0.4, -0.2) is 26.4 Å². The standard InChI is InChI=1S/C18H21NO3S/c1-14-18-9-8-17(22-2)12-16(18)10-11-19(14)23(20,21)13-15-6-4-3-5-7-15/h3-9,12,14H,10-11,13H2,1-2H3. The number of nitrogens with zero attached hydrogens (tertiary/aromatic N) is 1. The lowest BCUT2D eigenvalue weighted by Gasteiger charge is -2.34. The lowest BCUT2D eigenvalue weighted by atomic mass is 9.95. The molecule has 0 spiro atoms. The summed E-state index contributed by atoms with van der Waals surface area (Å²) in [4.78, 5) is 0. The molecule has 0 fully saturated rings. The van der Waals surface area contributed by atoms with Crippen LogP contribution in [0.1, 0.15) is 29.7 Å². The quantitative estimate of drug-likeness (QED) is 0.865. The number of ether oxygens (including phenoxy) is 1. The van der Waals surface area contributed by atoms with Gasteiger partial charge in [0.25, 0.3) is 0 Å². The molecule has 0 bridgehead atoms. The van der Waals surface area contributed by atoms with Gasteiger partial charge in [0.15, 0.2) is 0 Å². The van der Waals surface area contributed by atoms with Crippen LogP contribution in [0, 0.1) is 0 Å². The zero-order valence-electron chi connectivity index (χ0n) is 13.4. The summed E-state index contributed by atoms with van der Waals surface area (Å²) in [7, 11) is -1.70. The number of fused-ring (bicyclic) bond motifs is 1. The van der Waals surface area contributed by atoms with Gasteiger partial charge in [-0.15, -0.1) is 0 Å². The minimum Gasteiger partial charge on any atom is -0.497 e. The summed E-state index contributed by atoms with van der Waals surface area (Å²) in [6.45, 7) is 2.46. The average Bonchev–Trinajstić information content (AvgIpc) is 2.55. The van der Waals surface area contributed by atoms with Crippen LogP contribution in [0.25, 0.3) is 0 Å². The molecule has 5 heteroatoms. The molecule has 2 aromatic rings. The maximum absolute atomic E-state index is 12.8.